The van der Waals surface area contributed by atoms with E-state index in [1.54, 1.807) is 18.2 Å². The minimum absolute atomic E-state index is 0.168. The van der Waals surface area contributed by atoms with Gasteiger partial charge < -0.3 is 14.2 Å². The molecule has 1 amide bonds. The molecule has 0 saturated carbocycles. The molecule has 2 aliphatic rings. The smallest absolute Gasteiger partial charge is 0.325 e. The molecule has 1 saturated heterocycles. The molecular weight excluding hydrogens is 330 g/mol. The zero-order valence-electron chi connectivity index (χ0n) is 10.7. The Hall–Kier alpha value is -1.44. The maximum Gasteiger partial charge on any atom is 0.325 e. The molecule has 1 fully saturated rings. The van der Waals surface area contributed by atoms with Gasteiger partial charge in [0.05, 0.1) is 26.0 Å². The SMILES string of the molecule is COC(=O)CN1C(=O)C2(OCCO2)c2cc(Br)ccc21. The molecule has 3 rings (SSSR count). The number of ether oxygens (including phenoxy) is 3. The van der Waals surface area contributed by atoms with Gasteiger partial charge in [-0.15, -0.1) is 0 Å². The van der Waals surface area contributed by atoms with Crippen molar-refractivity contribution in [3.05, 3.63) is 28.2 Å². The first-order valence-corrected chi connectivity index (χ1v) is 6.84. The molecule has 2 heterocycles. The van der Waals surface area contributed by atoms with Gasteiger partial charge in [0.2, 0.25) is 0 Å². The number of hydrogen-bond acceptors (Lipinski definition) is 5. The molecule has 7 heteroatoms. The van der Waals surface area contributed by atoms with Gasteiger partial charge in [-0.25, -0.2) is 0 Å². The number of anilines is 1. The highest BCUT2D eigenvalue weighted by Crippen LogP contribution is 2.46. The second-order valence-electron chi connectivity index (χ2n) is 4.44. The van der Waals surface area contributed by atoms with Crippen LogP contribution >= 0.6 is 15.9 Å². The first-order valence-electron chi connectivity index (χ1n) is 6.05. The summed E-state index contributed by atoms with van der Waals surface area (Å²) < 4.78 is 16.5. The van der Waals surface area contributed by atoms with Crippen LogP contribution < -0.4 is 4.90 Å². The van der Waals surface area contributed by atoms with Gasteiger partial charge in [0.1, 0.15) is 6.54 Å². The lowest BCUT2D eigenvalue weighted by Gasteiger charge is -2.21. The highest BCUT2D eigenvalue weighted by molar-refractivity contribution is 9.10. The Labute approximate surface area is 123 Å². The highest BCUT2D eigenvalue weighted by Gasteiger charge is 2.56. The topological polar surface area (TPSA) is 65.1 Å². The Kier molecular flexibility index (Phi) is 3.27. The normalized spacial score (nSPS) is 19.5. The van der Waals surface area contributed by atoms with Gasteiger partial charge in [0, 0.05) is 10.0 Å². The van der Waals surface area contributed by atoms with E-state index in [4.69, 9.17) is 9.47 Å². The first kappa shape index (κ1) is 13.5. The monoisotopic (exact) mass is 341 g/mol. The lowest BCUT2D eigenvalue weighted by molar-refractivity contribution is -0.181. The van der Waals surface area contributed by atoms with Crippen molar-refractivity contribution in [3.63, 3.8) is 0 Å². The molecule has 0 bridgehead atoms. The molecule has 0 aromatic heterocycles. The predicted octanol–water partition coefficient (Wildman–Crippen LogP) is 1.17. The van der Waals surface area contributed by atoms with Gasteiger partial charge in [-0.3, -0.25) is 14.5 Å². The minimum atomic E-state index is -1.42. The Balaban J connectivity index is 2.08. The number of fused-ring (bicyclic) bond motifs is 2. The van der Waals surface area contributed by atoms with E-state index in [-0.39, 0.29) is 6.54 Å². The van der Waals surface area contributed by atoms with E-state index in [2.05, 4.69) is 20.7 Å². The van der Waals surface area contributed by atoms with Crippen molar-refractivity contribution in [2.24, 2.45) is 0 Å². The fraction of sp³-hybridized carbons (Fsp3) is 0.385. The van der Waals surface area contributed by atoms with Crippen LogP contribution in [-0.4, -0.2) is 38.7 Å². The Morgan fingerprint density at radius 1 is 1.45 bits per heavy atom. The number of carbonyl (C=O) groups is 2. The van der Waals surface area contributed by atoms with E-state index in [0.29, 0.717) is 24.5 Å². The number of esters is 1. The summed E-state index contributed by atoms with van der Waals surface area (Å²) in [6.45, 7) is 0.506. The van der Waals surface area contributed by atoms with Gasteiger partial charge in [-0.1, -0.05) is 15.9 Å². The number of methoxy groups -OCH3 is 1. The van der Waals surface area contributed by atoms with E-state index in [9.17, 15) is 9.59 Å². The summed E-state index contributed by atoms with van der Waals surface area (Å²) in [4.78, 5) is 25.4. The third-order valence-corrected chi connectivity index (χ3v) is 3.83. The number of amides is 1. The maximum absolute atomic E-state index is 12.6. The van der Waals surface area contributed by atoms with E-state index in [1.165, 1.54) is 12.0 Å². The maximum atomic E-state index is 12.6. The number of nitrogens with zero attached hydrogens (tertiary/aromatic N) is 1. The molecular formula is C13H12BrNO5. The fourth-order valence-electron chi connectivity index (χ4n) is 2.45. The van der Waals surface area contributed by atoms with Crippen molar-refractivity contribution >= 4 is 33.5 Å². The number of carbonyl (C=O) groups excluding carboxylic acids is 2. The summed E-state index contributed by atoms with van der Waals surface area (Å²) in [7, 11) is 1.28. The van der Waals surface area contributed by atoms with Crippen LogP contribution in [0.1, 0.15) is 5.56 Å². The lowest BCUT2D eigenvalue weighted by Crippen LogP contribution is -2.43. The van der Waals surface area contributed by atoms with Crippen molar-refractivity contribution in [2.75, 3.05) is 31.8 Å². The van der Waals surface area contributed by atoms with Crippen molar-refractivity contribution in [1.29, 1.82) is 0 Å². The standard InChI is InChI=1S/C13H12BrNO5/c1-18-11(16)7-15-10-3-2-8(14)6-9(10)13(12(15)17)19-4-5-20-13/h2-3,6H,4-5,7H2,1H3. The van der Waals surface area contributed by atoms with Crippen molar-refractivity contribution in [1.82, 2.24) is 0 Å². The number of halogens is 1. The van der Waals surface area contributed by atoms with Gasteiger partial charge in [0.25, 0.3) is 11.7 Å². The number of rotatable bonds is 2. The second kappa shape index (κ2) is 4.83. The van der Waals surface area contributed by atoms with Gasteiger partial charge in [0.15, 0.2) is 0 Å². The molecule has 0 aliphatic carbocycles. The van der Waals surface area contributed by atoms with Crippen LogP contribution in [0.25, 0.3) is 0 Å². The van der Waals surface area contributed by atoms with Crippen LogP contribution in [0.5, 0.6) is 0 Å². The van der Waals surface area contributed by atoms with Crippen molar-refractivity contribution in [3.8, 4) is 0 Å². The molecule has 106 valence electrons. The van der Waals surface area contributed by atoms with Crippen molar-refractivity contribution in [2.45, 2.75) is 5.79 Å². The third kappa shape index (κ3) is 1.85. The Bertz CT molecular complexity index is 582. The summed E-state index contributed by atoms with van der Waals surface area (Å²) in [5.74, 6) is -2.32. The van der Waals surface area contributed by atoms with Crippen LogP contribution in [0.3, 0.4) is 0 Å². The summed E-state index contributed by atoms with van der Waals surface area (Å²) in [5, 5.41) is 0. The molecule has 2 aliphatic heterocycles. The zero-order chi connectivity index (χ0) is 14.3. The first-order chi connectivity index (χ1) is 9.58. The Morgan fingerprint density at radius 3 is 2.80 bits per heavy atom. The summed E-state index contributed by atoms with van der Waals surface area (Å²) in [6, 6.07) is 5.32. The molecule has 0 N–H and O–H groups in total. The van der Waals surface area contributed by atoms with E-state index < -0.39 is 17.7 Å². The molecule has 1 aromatic carbocycles. The molecule has 20 heavy (non-hydrogen) atoms. The number of benzene rings is 1. The molecule has 0 unspecified atom stereocenters. The van der Waals surface area contributed by atoms with Gasteiger partial charge >= 0.3 is 5.97 Å². The zero-order valence-corrected chi connectivity index (χ0v) is 12.3. The van der Waals surface area contributed by atoms with Crippen LogP contribution in [0, 0.1) is 0 Å². The molecule has 1 aromatic rings. The molecule has 6 nitrogen and oxygen atoms in total. The van der Waals surface area contributed by atoms with Crippen LogP contribution in [0.2, 0.25) is 0 Å². The summed E-state index contributed by atoms with van der Waals surface area (Å²) >= 11 is 3.37. The minimum Gasteiger partial charge on any atom is -0.468 e. The van der Waals surface area contributed by atoms with Gasteiger partial charge in [-0.2, -0.15) is 0 Å². The number of hydrogen-bond donors (Lipinski definition) is 0. The summed E-state index contributed by atoms with van der Waals surface area (Å²) in [5.41, 5.74) is 1.21. The average Bonchev–Trinajstić information content (AvgIpc) is 3.01. The third-order valence-electron chi connectivity index (χ3n) is 3.34. The predicted molar refractivity (Wildman–Crippen MR) is 72.1 cm³/mol. The van der Waals surface area contributed by atoms with E-state index >= 15 is 0 Å². The molecule has 0 radical (unpaired) electrons. The van der Waals surface area contributed by atoms with Crippen LogP contribution in [-0.2, 0) is 29.6 Å². The molecule has 1 spiro atoms. The quantitative estimate of drug-likeness (QED) is 0.755. The van der Waals surface area contributed by atoms with Crippen LogP contribution in [0.4, 0.5) is 5.69 Å². The molecule has 0 atom stereocenters. The van der Waals surface area contributed by atoms with E-state index in [1.807, 2.05) is 0 Å². The largest absolute Gasteiger partial charge is 0.468 e. The Morgan fingerprint density at radius 2 is 2.15 bits per heavy atom. The highest BCUT2D eigenvalue weighted by atomic mass is 79.9. The fourth-order valence-corrected chi connectivity index (χ4v) is 2.81. The van der Waals surface area contributed by atoms with Gasteiger partial charge in [-0.05, 0) is 18.2 Å². The lowest BCUT2D eigenvalue weighted by atomic mass is 10.1. The van der Waals surface area contributed by atoms with Crippen LogP contribution in [0.15, 0.2) is 22.7 Å². The average molecular weight is 342 g/mol. The van der Waals surface area contributed by atoms with Crippen molar-refractivity contribution < 1.29 is 23.8 Å². The van der Waals surface area contributed by atoms with E-state index in [0.717, 1.165) is 4.47 Å². The summed E-state index contributed by atoms with van der Waals surface area (Å²) in [6.07, 6.45) is 0. The second-order valence-corrected chi connectivity index (χ2v) is 5.36.